The van der Waals surface area contributed by atoms with Crippen molar-refractivity contribution in [2.24, 2.45) is 17.1 Å². The summed E-state index contributed by atoms with van der Waals surface area (Å²) in [6.45, 7) is 0. The van der Waals surface area contributed by atoms with Crippen LogP contribution in [0.5, 0.6) is 0 Å². The van der Waals surface area contributed by atoms with Crippen molar-refractivity contribution in [3.63, 3.8) is 0 Å². The molecule has 1 aromatic carbocycles. The lowest BCUT2D eigenvalue weighted by atomic mass is 9.57. The zero-order valence-electron chi connectivity index (χ0n) is 13.3. The van der Waals surface area contributed by atoms with E-state index in [2.05, 4.69) is 18.2 Å². The fourth-order valence-corrected chi connectivity index (χ4v) is 4.50. The number of nitriles is 3. The van der Waals surface area contributed by atoms with Crippen LogP contribution in [0, 0.1) is 45.3 Å². The zero-order chi connectivity index (χ0) is 18.2. The van der Waals surface area contributed by atoms with E-state index in [1.54, 1.807) is 18.2 Å². The minimum Gasteiger partial charge on any atom is -0.399 e. The van der Waals surface area contributed by atoms with Crippen molar-refractivity contribution in [3.05, 3.63) is 56.7 Å². The second-order valence-electron chi connectivity index (χ2n) is 6.27. The lowest BCUT2D eigenvalue weighted by Crippen LogP contribution is -2.42. The summed E-state index contributed by atoms with van der Waals surface area (Å²) in [5.41, 5.74) is 6.32. The lowest BCUT2D eigenvalue weighted by Gasteiger charge is -2.43. The highest BCUT2D eigenvalue weighted by Gasteiger charge is 2.54. The molecule has 1 aromatic rings. The first-order chi connectivity index (χ1) is 12.0. The minimum atomic E-state index is -1.64. The number of benzene rings is 1. The molecule has 0 saturated heterocycles. The topological polar surface area (TPSA) is 97.4 Å². The Morgan fingerprint density at radius 1 is 1.16 bits per heavy atom. The number of hydrogen-bond donors (Lipinski definition) is 1. The predicted molar refractivity (Wildman–Crippen MR) is 95.1 cm³/mol. The molecule has 0 aromatic heterocycles. The number of nitrogens with zero attached hydrogens (tertiary/aromatic N) is 3. The molecule has 3 rings (SSSR count). The molecule has 0 amide bonds. The number of nitrogens with two attached hydrogens (primary N) is 1. The van der Waals surface area contributed by atoms with Gasteiger partial charge >= 0.3 is 0 Å². The van der Waals surface area contributed by atoms with Crippen molar-refractivity contribution < 1.29 is 0 Å². The second-order valence-corrected chi connectivity index (χ2v) is 7.12. The summed E-state index contributed by atoms with van der Waals surface area (Å²) in [6, 6.07) is 11.3. The third-order valence-electron chi connectivity index (χ3n) is 5.10. The van der Waals surface area contributed by atoms with E-state index in [1.165, 1.54) is 0 Å². The molecular formula is C19H14Cl2N4. The first kappa shape index (κ1) is 17.4. The molecule has 0 unspecified atom stereocenters. The smallest absolute Gasteiger partial charge is 0.191 e. The molecule has 0 fully saturated rings. The van der Waals surface area contributed by atoms with Gasteiger partial charge in [-0.15, -0.1) is 0 Å². The van der Waals surface area contributed by atoms with E-state index in [4.69, 9.17) is 28.9 Å². The van der Waals surface area contributed by atoms with Gasteiger partial charge in [0.25, 0.3) is 0 Å². The van der Waals surface area contributed by atoms with Gasteiger partial charge in [-0.3, -0.25) is 0 Å². The Bertz CT molecular complexity index is 910. The Hall–Kier alpha value is -2.45. The standard InChI is InChI=1S/C19H14Cl2N4/c20-11-5-6-14(16(21)7-11)17-13-4-2-1-3-12(13)15(8-22)18(25)19(17,9-23)10-24/h3,5-7,13,17H,1-2,4,25H2/t13-,17+/m1/s1. The SMILES string of the molecule is N#CC1=C(N)C(C#N)(C#N)[C@H](c2ccc(Cl)cc2Cl)[C@@H]2CCCC=C12. The normalized spacial score (nSPS) is 24.4. The molecule has 124 valence electrons. The van der Waals surface area contributed by atoms with E-state index in [-0.39, 0.29) is 17.2 Å². The van der Waals surface area contributed by atoms with Gasteiger partial charge in [-0.05, 0) is 48.4 Å². The highest BCUT2D eigenvalue weighted by molar-refractivity contribution is 6.35. The van der Waals surface area contributed by atoms with Crippen LogP contribution in [0.4, 0.5) is 0 Å². The third kappa shape index (κ3) is 2.49. The van der Waals surface area contributed by atoms with Gasteiger partial charge in [-0.1, -0.05) is 35.3 Å². The number of fused-ring (bicyclic) bond motifs is 1. The van der Waals surface area contributed by atoms with Crippen molar-refractivity contribution in [1.82, 2.24) is 0 Å². The number of halogens is 2. The van der Waals surface area contributed by atoms with E-state index in [1.807, 2.05) is 6.08 Å². The summed E-state index contributed by atoms with van der Waals surface area (Å²) in [4.78, 5) is 0. The summed E-state index contributed by atoms with van der Waals surface area (Å²) in [5.74, 6) is -0.704. The molecule has 0 heterocycles. The Balaban J connectivity index is 2.36. The molecule has 2 aliphatic rings. The van der Waals surface area contributed by atoms with Crippen LogP contribution in [-0.4, -0.2) is 0 Å². The quantitative estimate of drug-likeness (QED) is 0.783. The highest BCUT2D eigenvalue weighted by atomic mass is 35.5. The zero-order valence-corrected chi connectivity index (χ0v) is 14.8. The maximum atomic E-state index is 9.91. The second kappa shape index (κ2) is 6.45. The van der Waals surface area contributed by atoms with Crippen LogP contribution < -0.4 is 5.73 Å². The molecule has 4 nitrogen and oxygen atoms in total. The molecular weight excluding hydrogens is 355 g/mol. The van der Waals surface area contributed by atoms with Crippen LogP contribution in [0.2, 0.25) is 10.0 Å². The van der Waals surface area contributed by atoms with Crippen LogP contribution >= 0.6 is 23.2 Å². The van der Waals surface area contributed by atoms with Gasteiger partial charge in [-0.25, -0.2) is 0 Å². The van der Waals surface area contributed by atoms with Crippen LogP contribution in [0.15, 0.2) is 41.1 Å². The van der Waals surface area contributed by atoms with Crippen LogP contribution in [-0.2, 0) is 0 Å². The molecule has 2 N–H and O–H groups in total. The van der Waals surface area contributed by atoms with Gasteiger partial charge in [0.1, 0.15) is 6.07 Å². The fraction of sp³-hybridized carbons (Fsp3) is 0.316. The van der Waals surface area contributed by atoms with E-state index < -0.39 is 11.3 Å². The maximum absolute atomic E-state index is 9.91. The Morgan fingerprint density at radius 3 is 2.48 bits per heavy atom. The third-order valence-corrected chi connectivity index (χ3v) is 5.66. The summed E-state index contributed by atoms with van der Waals surface area (Å²) in [5, 5.41) is 30.3. The van der Waals surface area contributed by atoms with E-state index in [0.717, 1.165) is 24.8 Å². The van der Waals surface area contributed by atoms with Gasteiger partial charge in [0, 0.05) is 16.0 Å². The number of allylic oxidation sites excluding steroid dienone is 4. The van der Waals surface area contributed by atoms with Crippen molar-refractivity contribution in [3.8, 4) is 18.2 Å². The van der Waals surface area contributed by atoms with Crippen LogP contribution in [0.1, 0.15) is 30.7 Å². The molecule has 6 heteroatoms. The van der Waals surface area contributed by atoms with Gasteiger partial charge in [0.15, 0.2) is 5.41 Å². The maximum Gasteiger partial charge on any atom is 0.191 e. The summed E-state index contributed by atoms with van der Waals surface area (Å²) in [7, 11) is 0. The Kier molecular flexibility index (Phi) is 4.49. The largest absolute Gasteiger partial charge is 0.399 e. The molecule has 2 atom stereocenters. The van der Waals surface area contributed by atoms with E-state index >= 15 is 0 Å². The average Bonchev–Trinajstić information content (AvgIpc) is 2.62. The molecule has 0 saturated carbocycles. The monoisotopic (exact) mass is 368 g/mol. The molecule has 25 heavy (non-hydrogen) atoms. The van der Waals surface area contributed by atoms with Crippen molar-refractivity contribution in [2.75, 3.05) is 0 Å². The first-order valence-electron chi connectivity index (χ1n) is 7.88. The molecule has 0 bridgehead atoms. The summed E-state index contributed by atoms with van der Waals surface area (Å²) in [6.07, 6.45) is 4.52. The minimum absolute atomic E-state index is 0.0143. The van der Waals surface area contributed by atoms with Crippen molar-refractivity contribution in [2.45, 2.75) is 25.2 Å². The van der Waals surface area contributed by atoms with E-state index in [0.29, 0.717) is 15.6 Å². The first-order valence-corrected chi connectivity index (χ1v) is 8.64. The summed E-state index contributed by atoms with van der Waals surface area (Å²) >= 11 is 12.4. The van der Waals surface area contributed by atoms with Crippen LogP contribution in [0.25, 0.3) is 0 Å². The predicted octanol–water partition coefficient (Wildman–Crippen LogP) is 4.59. The fourth-order valence-electron chi connectivity index (χ4n) is 3.97. The average molecular weight is 369 g/mol. The van der Waals surface area contributed by atoms with Gasteiger partial charge in [-0.2, -0.15) is 15.8 Å². The van der Waals surface area contributed by atoms with Gasteiger partial charge in [0.05, 0.1) is 23.4 Å². The van der Waals surface area contributed by atoms with Crippen molar-refractivity contribution in [1.29, 1.82) is 15.8 Å². The van der Waals surface area contributed by atoms with Crippen molar-refractivity contribution >= 4 is 23.2 Å². The lowest BCUT2D eigenvalue weighted by molar-refractivity contribution is 0.317. The van der Waals surface area contributed by atoms with E-state index in [9.17, 15) is 15.8 Å². The molecule has 0 radical (unpaired) electrons. The Labute approximate surface area is 156 Å². The number of rotatable bonds is 1. The summed E-state index contributed by atoms with van der Waals surface area (Å²) < 4.78 is 0. The number of hydrogen-bond acceptors (Lipinski definition) is 4. The molecule has 0 aliphatic heterocycles. The van der Waals surface area contributed by atoms with Gasteiger partial charge in [0.2, 0.25) is 0 Å². The highest BCUT2D eigenvalue weighted by Crippen LogP contribution is 2.56. The van der Waals surface area contributed by atoms with Gasteiger partial charge < -0.3 is 5.73 Å². The molecule has 2 aliphatic carbocycles. The Morgan fingerprint density at radius 2 is 1.88 bits per heavy atom. The molecule has 0 spiro atoms. The van der Waals surface area contributed by atoms with Crippen LogP contribution in [0.3, 0.4) is 0 Å².